The first-order chi connectivity index (χ1) is 15.9. The van der Waals surface area contributed by atoms with E-state index in [1.54, 1.807) is 24.0 Å². The topological polar surface area (TPSA) is 66.5 Å². The molecule has 1 fully saturated rings. The normalized spacial score (nSPS) is 15.6. The molecule has 1 aliphatic heterocycles. The number of piperidine rings is 1. The Morgan fingerprint density at radius 3 is 2.24 bits per heavy atom. The fraction of sp³-hybridized carbons (Fsp3) is 0.407. The van der Waals surface area contributed by atoms with Gasteiger partial charge < -0.3 is 21.4 Å². The number of halogens is 1. The van der Waals surface area contributed by atoms with E-state index in [1.165, 1.54) is 6.42 Å². The fourth-order valence-electron chi connectivity index (χ4n) is 4.59. The van der Waals surface area contributed by atoms with E-state index in [9.17, 15) is 14.4 Å². The van der Waals surface area contributed by atoms with Gasteiger partial charge in [-0.1, -0.05) is 61.0 Å². The minimum Gasteiger partial charge on any atom is -0.369 e. The molecule has 1 atom stereocenters. The van der Waals surface area contributed by atoms with Crippen molar-refractivity contribution in [1.82, 2.24) is 10.2 Å². The average Bonchev–Trinajstić information content (AvgIpc) is 2.85. The maximum atomic E-state index is 13.5. The van der Waals surface area contributed by atoms with Crippen molar-refractivity contribution in [3.63, 3.8) is 0 Å². The van der Waals surface area contributed by atoms with E-state index in [1.807, 2.05) is 49.4 Å². The number of carbonyl (C=O) groups is 3. The summed E-state index contributed by atoms with van der Waals surface area (Å²) in [5.74, 6) is -0.157. The van der Waals surface area contributed by atoms with E-state index < -0.39 is 11.5 Å². The molecule has 1 aliphatic rings. The van der Waals surface area contributed by atoms with Gasteiger partial charge in [-0.3, -0.25) is 9.59 Å². The molecule has 0 aromatic heterocycles. The Bertz CT molecular complexity index is 958. The zero-order chi connectivity index (χ0) is 23.8. The minimum absolute atomic E-state index is 0. The van der Waals surface area contributed by atoms with Gasteiger partial charge in [-0.05, 0) is 42.5 Å². The van der Waals surface area contributed by atoms with Crippen LogP contribution in [0, 0.1) is 6.42 Å². The summed E-state index contributed by atoms with van der Waals surface area (Å²) < 4.78 is 0. The molecule has 34 heavy (non-hydrogen) atoms. The van der Waals surface area contributed by atoms with Crippen LogP contribution in [-0.4, -0.2) is 41.6 Å². The molecule has 7 heteroatoms. The summed E-state index contributed by atoms with van der Waals surface area (Å²) in [7, 11) is 0. The number of hydrogen-bond acceptors (Lipinski definition) is 3. The Morgan fingerprint density at radius 2 is 1.68 bits per heavy atom. The van der Waals surface area contributed by atoms with Crippen LogP contribution >= 0.6 is 11.6 Å². The SMILES string of the molecule is C[CH-]C(=O)N[C@H](Cc1ccc(Cl)cc1)C(=O)N1CCC(C(=O)CCC)(c2ccccc2)CC1.[W]. The zero-order valence-corrected chi connectivity index (χ0v) is 23.4. The second-order valence-corrected chi connectivity index (χ2v) is 9.06. The molecule has 0 unspecified atom stereocenters. The van der Waals surface area contributed by atoms with Crippen LogP contribution in [0.1, 0.15) is 50.7 Å². The van der Waals surface area contributed by atoms with Crippen LogP contribution in [0.4, 0.5) is 0 Å². The van der Waals surface area contributed by atoms with Crippen molar-refractivity contribution in [3.8, 4) is 0 Å². The molecule has 5 nitrogen and oxygen atoms in total. The number of hydrogen-bond donors (Lipinski definition) is 1. The molecular weight excluding hydrogens is 620 g/mol. The van der Waals surface area contributed by atoms with Gasteiger partial charge in [0.25, 0.3) is 0 Å². The molecule has 1 heterocycles. The maximum Gasteiger partial charge on any atom is 0.245 e. The smallest absolute Gasteiger partial charge is 0.245 e. The van der Waals surface area contributed by atoms with E-state index in [2.05, 4.69) is 5.32 Å². The standard InChI is InChI=1S/C27H32ClN2O3.W/c1-3-8-24(31)27(21-9-6-5-7-10-21)15-17-30(18-16-27)26(33)23(29-25(32)4-2)19-20-11-13-22(28)14-12-20;/h4-7,9-14,23H,3,8,15-19H2,1-2H3,(H,29,32);/q-1;/t23-;/m1./s1. The van der Waals surface area contributed by atoms with E-state index in [0.29, 0.717) is 43.8 Å². The Balaban J connectivity index is 0.00000408. The summed E-state index contributed by atoms with van der Waals surface area (Å²) in [6, 6.07) is 16.5. The van der Waals surface area contributed by atoms with E-state index in [4.69, 9.17) is 11.6 Å². The van der Waals surface area contributed by atoms with E-state index in [0.717, 1.165) is 17.5 Å². The van der Waals surface area contributed by atoms with Crippen LogP contribution in [0.25, 0.3) is 0 Å². The number of nitrogens with zero attached hydrogens (tertiary/aromatic N) is 1. The number of likely N-dealkylation sites (tertiary alicyclic amines) is 1. The monoisotopic (exact) mass is 651 g/mol. The number of rotatable bonds is 9. The first kappa shape index (κ1) is 28.1. The van der Waals surface area contributed by atoms with Crippen LogP contribution in [-0.2, 0) is 47.3 Å². The van der Waals surface area contributed by atoms with Crippen LogP contribution in [0.5, 0.6) is 0 Å². The third-order valence-electron chi connectivity index (χ3n) is 6.50. The van der Waals surface area contributed by atoms with Gasteiger partial charge in [0.15, 0.2) is 0 Å². The second-order valence-electron chi connectivity index (χ2n) is 8.63. The summed E-state index contributed by atoms with van der Waals surface area (Å²) >= 11 is 5.99. The summed E-state index contributed by atoms with van der Waals surface area (Å²) in [5.41, 5.74) is 1.39. The van der Waals surface area contributed by atoms with Crippen LogP contribution < -0.4 is 5.32 Å². The maximum absolute atomic E-state index is 13.5. The minimum atomic E-state index is -0.676. The molecule has 2 aromatic rings. The average molecular weight is 652 g/mol. The molecule has 2 aromatic carbocycles. The van der Waals surface area contributed by atoms with Crippen molar-refractivity contribution < 1.29 is 35.4 Å². The first-order valence-electron chi connectivity index (χ1n) is 11.6. The van der Waals surface area contributed by atoms with Crippen molar-refractivity contribution in [1.29, 1.82) is 0 Å². The second kappa shape index (κ2) is 13.1. The largest absolute Gasteiger partial charge is 0.369 e. The van der Waals surface area contributed by atoms with Gasteiger partial charge in [0, 0.05) is 52.0 Å². The molecule has 3 rings (SSSR count). The van der Waals surface area contributed by atoms with Gasteiger partial charge in [0.05, 0.1) is 11.3 Å². The number of nitrogens with one attached hydrogen (secondary N) is 1. The third-order valence-corrected chi connectivity index (χ3v) is 6.75. The van der Waals surface area contributed by atoms with Gasteiger partial charge in [-0.25, -0.2) is 0 Å². The van der Waals surface area contributed by atoms with Crippen LogP contribution in [0.3, 0.4) is 0 Å². The van der Waals surface area contributed by atoms with Crippen molar-refractivity contribution in [2.24, 2.45) is 0 Å². The molecular formula is C27H32ClN2O3W-. The zero-order valence-electron chi connectivity index (χ0n) is 19.8. The number of carbonyl (C=O) groups excluding carboxylic acids is 3. The Kier molecular flexibility index (Phi) is 10.9. The van der Waals surface area contributed by atoms with E-state index in [-0.39, 0.29) is 38.7 Å². The Hall–Kier alpha value is -2.10. The molecule has 0 saturated carbocycles. The van der Waals surface area contributed by atoms with Gasteiger partial charge >= 0.3 is 0 Å². The molecule has 182 valence electrons. The molecule has 1 N–H and O–H groups in total. The van der Waals surface area contributed by atoms with Crippen molar-refractivity contribution in [2.75, 3.05) is 13.1 Å². The van der Waals surface area contributed by atoms with Crippen LogP contribution in [0.15, 0.2) is 54.6 Å². The molecule has 0 bridgehead atoms. The predicted octanol–water partition coefficient (Wildman–Crippen LogP) is 4.52. The Labute approximate surface area is 221 Å². The number of benzene rings is 2. The number of amides is 2. The van der Waals surface area contributed by atoms with E-state index >= 15 is 0 Å². The van der Waals surface area contributed by atoms with Crippen molar-refractivity contribution >= 4 is 29.2 Å². The van der Waals surface area contributed by atoms with Gasteiger partial charge in [-0.15, -0.1) is 0 Å². The molecule has 0 aliphatic carbocycles. The summed E-state index contributed by atoms with van der Waals surface area (Å²) in [6.45, 7) is 4.62. The fourth-order valence-corrected chi connectivity index (χ4v) is 4.72. The van der Waals surface area contributed by atoms with Gasteiger partial charge in [0.2, 0.25) is 5.91 Å². The number of ketones is 1. The van der Waals surface area contributed by atoms with Gasteiger partial charge in [-0.2, -0.15) is 6.92 Å². The predicted molar refractivity (Wildman–Crippen MR) is 131 cm³/mol. The molecule has 2 amide bonds. The summed E-state index contributed by atoms with van der Waals surface area (Å²) in [4.78, 5) is 40.5. The summed E-state index contributed by atoms with van der Waals surface area (Å²) in [6.07, 6.45) is 4.31. The number of Topliss-reactive ketones (excluding diaryl/α,β-unsaturated/α-hetero) is 1. The molecule has 1 saturated heterocycles. The van der Waals surface area contributed by atoms with Crippen molar-refractivity contribution in [3.05, 3.63) is 77.2 Å². The van der Waals surface area contributed by atoms with Gasteiger partial charge in [0.1, 0.15) is 11.8 Å². The third kappa shape index (κ3) is 6.73. The summed E-state index contributed by atoms with van der Waals surface area (Å²) in [5, 5.41) is 3.46. The molecule has 0 spiro atoms. The quantitative estimate of drug-likeness (QED) is 0.406. The Morgan fingerprint density at radius 1 is 1.06 bits per heavy atom. The first-order valence-corrected chi connectivity index (χ1v) is 12.0. The van der Waals surface area contributed by atoms with Crippen LogP contribution in [0.2, 0.25) is 5.02 Å². The molecule has 0 radical (unpaired) electrons. The van der Waals surface area contributed by atoms with Crippen molar-refractivity contribution in [2.45, 2.75) is 57.4 Å².